The van der Waals surface area contributed by atoms with Gasteiger partial charge in [-0.1, -0.05) is 36.4 Å². The van der Waals surface area contributed by atoms with Gasteiger partial charge in [0.25, 0.3) is 0 Å². The zero-order valence-electron chi connectivity index (χ0n) is 25.7. The summed E-state index contributed by atoms with van der Waals surface area (Å²) in [6.45, 7) is 13.5. The van der Waals surface area contributed by atoms with Gasteiger partial charge in [0.15, 0.2) is 0 Å². The Kier molecular flexibility index (Phi) is 6.69. The Bertz CT molecular complexity index is 2190. The highest BCUT2D eigenvalue weighted by molar-refractivity contribution is 7.27. The number of hydrogen-bond acceptors (Lipinski definition) is 4. The maximum Gasteiger partial charge on any atom is 0.0455 e. The summed E-state index contributed by atoms with van der Waals surface area (Å²) in [6.07, 6.45) is 0. The molecule has 0 spiro atoms. The predicted molar refractivity (Wildman–Crippen MR) is 201 cm³/mol. The Balaban J connectivity index is 1.56. The smallest absolute Gasteiger partial charge is 0.0455 e. The maximum atomic E-state index is 2.51. The van der Waals surface area contributed by atoms with E-state index in [1.165, 1.54) is 105 Å². The molecule has 4 heterocycles. The first-order chi connectivity index (χ1) is 21.3. The van der Waals surface area contributed by atoms with E-state index in [1.807, 2.05) is 45.3 Å². The van der Waals surface area contributed by atoms with E-state index in [0.717, 1.165) is 0 Å². The van der Waals surface area contributed by atoms with Crippen LogP contribution in [0.5, 0.6) is 0 Å². The molecule has 4 aromatic carbocycles. The molecule has 0 aliphatic rings. The molecule has 0 aliphatic heterocycles. The van der Waals surface area contributed by atoms with Gasteiger partial charge < -0.3 is 0 Å². The highest BCUT2D eigenvalue weighted by Gasteiger charge is 2.22. The summed E-state index contributed by atoms with van der Waals surface area (Å²) in [5, 5.41) is 5.42. The maximum absolute atomic E-state index is 2.51. The molecule has 0 unspecified atom stereocenters. The van der Waals surface area contributed by atoms with E-state index in [4.69, 9.17) is 0 Å². The second-order valence-corrected chi connectivity index (χ2v) is 16.7. The summed E-state index contributed by atoms with van der Waals surface area (Å²) >= 11 is 7.68. The van der Waals surface area contributed by atoms with Crippen molar-refractivity contribution in [2.75, 3.05) is 0 Å². The largest absolute Gasteiger partial charge is 0.140 e. The van der Waals surface area contributed by atoms with Gasteiger partial charge in [0.05, 0.1) is 0 Å². The molecule has 8 aromatic rings. The zero-order valence-corrected chi connectivity index (χ0v) is 29.0. The molecule has 0 bridgehead atoms. The summed E-state index contributed by atoms with van der Waals surface area (Å²) in [5.74, 6) is 0. The lowest BCUT2D eigenvalue weighted by atomic mass is 9.88. The average Bonchev–Trinajstić information content (AvgIpc) is 3.79. The standard InChI is InChI=1S/C40H32S4/c1-21-9-7-10-22(2)37(21)31-17-27-28(29-19-35(43-39(29)31)33-15-13-25(5)41-33)18-32(38-23(3)11-8-12-24(38)4)40-30(27)20-36(44-40)34-16-14-26(6)42-34/h7-20H,1-6H3. The summed E-state index contributed by atoms with van der Waals surface area (Å²) in [7, 11) is 0. The van der Waals surface area contributed by atoms with Crippen molar-refractivity contribution >= 4 is 76.3 Å². The molecule has 0 amide bonds. The first kappa shape index (κ1) is 28.0. The Labute approximate surface area is 274 Å². The van der Waals surface area contributed by atoms with E-state index in [-0.39, 0.29) is 0 Å². The predicted octanol–water partition coefficient (Wildman–Crippen LogP) is 13.9. The quantitative estimate of drug-likeness (QED) is 0.180. The lowest BCUT2D eigenvalue weighted by Gasteiger charge is -2.16. The highest BCUT2D eigenvalue weighted by atomic mass is 32.1. The molecule has 0 atom stereocenters. The third-order valence-corrected chi connectivity index (χ3v) is 13.6. The molecule has 44 heavy (non-hydrogen) atoms. The Morgan fingerprint density at radius 3 is 1.09 bits per heavy atom. The fraction of sp³-hybridized carbons (Fsp3) is 0.150. The van der Waals surface area contributed by atoms with Gasteiger partial charge in [0.2, 0.25) is 0 Å². The molecule has 216 valence electrons. The van der Waals surface area contributed by atoms with Crippen LogP contribution in [-0.4, -0.2) is 0 Å². The van der Waals surface area contributed by atoms with Gasteiger partial charge in [0.1, 0.15) is 0 Å². The normalized spacial score (nSPS) is 11.9. The van der Waals surface area contributed by atoms with Crippen LogP contribution in [0.15, 0.2) is 84.9 Å². The van der Waals surface area contributed by atoms with Crippen LogP contribution in [0, 0.1) is 41.5 Å². The summed E-state index contributed by atoms with van der Waals surface area (Å²) in [4.78, 5) is 8.12. The van der Waals surface area contributed by atoms with Crippen molar-refractivity contribution in [2.45, 2.75) is 41.5 Å². The third kappa shape index (κ3) is 4.42. The second-order valence-electron chi connectivity index (χ2n) is 12.0. The van der Waals surface area contributed by atoms with Crippen LogP contribution in [0.2, 0.25) is 0 Å². The second kappa shape index (κ2) is 10.5. The van der Waals surface area contributed by atoms with Crippen LogP contribution in [-0.2, 0) is 0 Å². The fourth-order valence-corrected chi connectivity index (χ4v) is 11.1. The van der Waals surface area contributed by atoms with Crippen LogP contribution in [0.4, 0.5) is 0 Å². The van der Waals surface area contributed by atoms with Crippen molar-refractivity contribution < 1.29 is 0 Å². The lowest BCUT2D eigenvalue weighted by molar-refractivity contribution is 1.39. The topological polar surface area (TPSA) is 0 Å². The van der Waals surface area contributed by atoms with E-state index < -0.39 is 0 Å². The SMILES string of the molecule is Cc1ccc(-c2cc3c(s2)c(-c2c(C)cccc2C)cc2c4cc(-c5ccc(C)s5)sc4c(-c4c(C)cccc4C)cc32)s1. The minimum Gasteiger partial charge on any atom is -0.140 e. The lowest BCUT2D eigenvalue weighted by Crippen LogP contribution is -1.91. The first-order valence-corrected chi connectivity index (χ1v) is 18.3. The average molecular weight is 641 g/mol. The summed E-state index contributed by atoms with van der Waals surface area (Å²) in [5.41, 5.74) is 10.8. The molecule has 0 nitrogen and oxygen atoms in total. The van der Waals surface area contributed by atoms with E-state index in [1.54, 1.807) is 0 Å². The number of thiophene rings is 4. The van der Waals surface area contributed by atoms with Crippen molar-refractivity contribution in [1.29, 1.82) is 0 Å². The number of hydrogen-bond donors (Lipinski definition) is 0. The monoisotopic (exact) mass is 640 g/mol. The van der Waals surface area contributed by atoms with Crippen LogP contribution >= 0.6 is 45.3 Å². The molecule has 0 saturated heterocycles. The highest BCUT2D eigenvalue weighted by Crippen LogP contribution is 2.51. The van der Waals surface area contributed by atoms with Crippen LogP contribution < -0.4 is 0 Å². The minimum atomic E-state index is 1.33. The fourth-order valence-electron chi connectivity index (χ4n) is 6.83. The Hall–Kier alpha value is -3.54. The van der Waals surface area contributed by atoms with Gasteiger partial charge in [-0.15, -0.1) is 45.3 Å². The van der Waals surface area contributed by atoms with Gasteiger partial charge >= 0.3 is 0 Å². The van der Waals surface area contributed by atoms with E-state index in [0.29, 0.717) is 0 Å². The van der Waals surface area contributed by atoms with Crippen LogP contribution in [0.25, 0.3) is 72.7 Å². The molecular formula is C40H32S4. The molecular weight excluding hydrogens is 609 g/mol. The van der Waals surface area contributed by atoms with E-state index >= 15 is 0 Å². The number of rotatable bonds is 4. The molecule has 4 aromatic heterocycles. The Morgan fingerprint density at radius 1 is 0.364 bits per heavy atom. The Morgan fingerprint density at radius 2 is 0.750 bits per heavy atom. The van der Waals surface area contributed by atoms with Crippen molar-refractivity contribution in [3.05, 3.63) is 117 Å². The van der Waals surface area contributed by atoms with E-state index in [2.05, 4.69) is 126 Å². The van der Waals surface area contributed by atoms with Crippen molar-refractivity contribution in [3.8, 4) is 41.8 Å². The number of benzene rings is 4. The zero-order chi connectivity index (χ0) is 30.3. The van der Waals surface area contributed by atoms with Crippen molar-refractivity contribution in [1.82, 2.24) is 0 Å². The number of aryl methyl sites for hydroxylation is 6. The van der Waals surface area contributed by atoms with Gasteiger partial charge in [-0.2, -0.15) is 0 Å². The molecule has 4 heteroatoms. The number of fused-ring (bicyclic) bond motifs is 5. The van der Waals surface area contributed by atoms with E-state index in [9.17, 15) is 0 Å². The summed E-state index contributed by atoms with van der Waals surface area (Å²) in [6, 6.07) is 32.5. The molecule has 0 saturated carbocycles. The molecule has 0 N–H and O–H groups in total. The minimum absolute atomic E-state index is 1.33. The summed E-state index contributed by atoms with van der Waals surface area (Å²) < 4.78 is 2.76. The van der Waals surface area contributed by atoms with Gasteiger partial charge in [-0.3, -0.25) is 0 Å². The van der Waals surface area contributed by atoms with Gasteiger partial charge in [-0.05, 0) is 134 Å². The molecule has 0 radical (unpaired) electrons. The van der Waals surface area contributed by atoms with Crippen LogP contribution in [0.3, 0.4) is 0 Å². The first-order valence-electron chi connectivity index (χ1n) is 15.0. The van der Waals surface area contributed by atoms with Crippen LogP contribution in [0.1, 0.15) is 32.0 Å². The van der Waals surface area contributed by atoms with Gasteiger partial charge in [0, 0.05) is 60.6 Å². The van der Waals surface area contributed by atoms with Crippen molar-refractivity contribution in [3.63, 3.8) is 0 Å². The molecule has 0 aliphatic carbocycles. The van der Waals surface area contributed by atoms with Crippen molar-refractivity contribution in [2.24, 2.45) is 0 Å². The molecule has 8 rings (SSSR count). The third-order valence-electron chi connectivity index (χ3n) is 8.87. The van der Waals surface area contributed by atoms with Gasteiger partial charge in [-0.25, -0.2) is 0 Å². The molecule has 0 fully saturated rings.